The second-order valence-corrected chi connectivity index (χ2v) is 4.78. The van der Waals surface area contributed by atoms with Crippen LogP contribution in [-0.4, -0.2) is 29.4 Å². The second-order valence-electron chi connectivity index (χ2n) is 4.78. The molecule has 0 saturated heterocycles. The van der Waals surface area contributed by atoms with Crippen molar-refractivity contribution in [2.45, 2.75) is 26.7 Å². The average Bonchev–Trinajstić information content (AvgIpc) is 2.37. The summed E-state index contributed by atoms with van der Waals surface area (Å²) in [5, 5.41) is 8.75. The highest BCUT2D eigenvalue weighted by Gasteiger charge is 2.13. The molecule has 1 amide bonds. The monoisotopic (exact) mass is 245 g/mol. The van der Waals surface area contributed by atoms with E-state index in [0.717, 1.165) is 19.4 Å². The molecule has 4 heteroatoms. The SMILES string of the molecule is CC(C)CCCN(C)C(=O)c1cccc(C#N)n1. The van der Waals surface area contributed by atoms with E-state index in [1.54, 1.807) is 30.1 Å². The van der Waals surface area contributed by atoms with Gasteiger partial charge in [-0.25, -0.2) is 4.98 Å². The summed E-state index contributed by atoms with van der Waals surface area (Å²) in [6.45, 7) is 5.05. The van der Waals surface area contributed by atoms with Gasteiger partial charge >= 0.3 is 0 Å². The van der Waals surface area contributed by atoms with E-state index in [4.69, 9.17) is 5.26 Å². The molecule has 0 aliphatic carbocycles. The molecule has 0 atom stereocenters. The zero-order valence-electron chi connectivity index (χ0n) is 11.2. The van der Waals surface area contributed by atoms with Crippen LogP contribution in [0.5, 0.6) is 0 Å². The van der Waals surface area contributed by atoms with Crippen LogP contribution in [0.15, 0.2) is 18.2 Å². The lowest BCUT2D eigenvalue weighted by Crippen LogP contribution is -2.28. The fraction of sp³-hybridized carbons (Fsp3) is 0.500. The number of hydrogen-bond acceptors (Lipinski definition) is 3. The first-order chi connectivity index (χ1) is 8.54. The lowest BCUT2D eigenvalue weighted by molar-refractivity contribution is 0.0785. The van der Waals surface area contributed by atoms with E-state index in [1.807, 2.05) is 6.07 Å². The van der Waals surface area contributed by atoms with Gasteiger partial charge in [-0.3, -0.25) is 4.79 Å². The van der Waals surface area contributed by atoms with Crippen LogP contribution in [0.1, 0.15) is 42.9 Å². The summed E-state index contributed by atoms with van der Waals surface area (Å²) in [4.78, 5) is 17.7. The van der Waals surface area contributed by atoms with Gasteiger partial charge in [0.25, 0.3) is 5.91 Å². The molecule has 0 aliphatic rings. The Morgan fingerprint density at radius 2 is 2.22 bits per heavy atom. The van der Waals surface area contributed by atoms with Crippen molar-refractivity contribution < 1.29 is 4.79 Å². The normalized spacial score (nSPS) is 10.2. The predicted octanol–water partition coefficient (Wildman–Crippen LogP) is 2.46. The summed E-state index contributed by atoms with van der Waals surface area (Å²) < 4.78 is 0. The summed E-state index contributed by atoms with van der Waals surface area (Å²) >= 11 is 0. The lowest BCUT2D eigenvalue weighted by Gasteiger charge is -2.17. The molecule has 0 unspecified atom stereocenters. The molecule has 0 fully saturated rings. The Bertz CT molecular complexity index is 449. The quantitative estimate of drug-likeness (QED) is 0.800. The van der Waals surface area contributed by atoms with E-state index >= 15 is 0 Å². The second kappa shape index (κ2) is 6.75. The summed E-state index contributed by atoms with van der Waals surface area (Å²) in [5.74, 6) is 0.518. The molecular weight excluding hydrogens is 226 g/mol. The maximum absolute atomic E-state index is 12.0. The van der Waals surface area contributed by atoms with Gasteiger partial charge in [0.1, 0.15) is 17.5 Å². The summed E-state index contributed by atoms with van der Waals surface area (Å²) in [6, 6.07) is 6.85. The number of nitriles is 1. The van der Waals surface area contributed by atoms with Crippen LogP contribution in [0, 0.1) is 17.2 Å². The summed E-state index contributed by atoms with van der Waals surface area (Å²) in [6.07, 6.45) is 2.08. The van der Waals surface area contributed by atoms with Gasteiger partial charge in [0.15, 0.2) is 0 Å². The van der Waals surface area contributed by atoms with Crippen LogP contribution in [0.3, 0.4) is 0 Å². The van der Waals surface area contributed by atoms with Crippen molar-refractivity contribution in [3.05, 3.63) is 29.6 Å². The molecule has 1 rings (SSSR count). The van der Waals surface area contributed by atoms with Crippen molar-refractivity contribution in [1.29, 1.82) is 5.26 Å². The number of aromatic nitrogens is 1. The van der Waals surface area contributed by atoms with Crippen molar-refractivity contribution in [3.63, 3.8) is 0 Å². The Balaban J connectivity index is 2.60. The van der Waals surface area contributed by atoms with Gasteiger partial charge in [-0.2, -0.15) is 5.26 Å². The zero-order valence-corrected chi connectivity index (χ0v) is 11.2. The van der Waals surface area contributed by atoms with Crippen molar-refractivity contribution >= 4 is 5.91 Å². The van der Waals surface area contributed by atoms with Gasteiger partial charge in [-0.05, 0) is 30.9 Å². The molecule has 0 aliphatic heterocycles. The van der Waals surface area contributed by atoms with Gasteiger partial charge in [0.05, 0.1) is 0 Å². The zero-order chi connectivity index (χ0) is 13.5. The van der Waals surface area contributed by atoms with E-state index in [-0.39, 0.29) is 11.6 Å². The number of nitrogens with zero attached hydrogens (tertiary/aromatic N) is 3. The van der Waals surface area contributed by atoms with Gasteiger partial charge in [-0.15, -0.1) is 0 Å². The Labute approximate surface area is 108 Å². The number of pyridine rings is 1. The van der Waals surface area contributed by atoms with Crippen molar-refractivity contribution in [3.8, 4) is 6.07 Å². The molecule has 1 aromatic heterocycles. The van der Waals surface area contributed by atoms with Gasteiger partial charge in [0.2, 0.25) is 0 Å². The Morgan fingerprint density at radius 3 is 2.83 bits per heavy atom. The van der Waals surface area contributed by atoms with Crippen LogP contribution >= 0.6 is 0 Å². The molecule has 0 saturated carbocycles. The number of amides is 1. The topological polar surface area (TPSA) is 57.0 Å². The molecule has 18 heavy (non-hydrogen) atoms. The van der Waals surface area contributed by atoms with E-state index in [2.05, 4.69) is 18.8 Å². The van der Waals surface area contributed by atoms with E-state index in [9.17, 15) is 4.79 Å². The van der Waals surface area contributed by atoms with E-state index in [1.165, 1.54) is 0 Å². The van der Waals surface area contributed by atoms with Crippen LogP contribution in [-0.2, 0) is 0 Å². The average molecular weight is 245 g/mol. The number of hydrogen-bond donors (Lipinski definition) is 0. The standard InChI is InChI=1S/C14H19N3O/c1-11(2)6-5-9-17(3)14(18)13-8-4-7-12(10-15)16-13/h4,7-8,11H,5-6,9H2,1-3H3. The van der Waals surface area contributed by atoms with Crippen molar-refractivity contribution in [2.24, 2.45) is 5.92 Å². The number of carbonyl (C=O) groups excluding carboxylic acids is 1. The fourth-order valence-corrected chi connectivity index (χ4v) is 1.65. The maximum atomic E-state index is 12.0. The highest BCUT2D eigenvalue weighted by Crippen LogP contribution is 2.07. The number of rotatable bonds is 5. The summed E-state index contributed by atoms with van der Waals surface area (Å²) in [7, 11) is 1.77. The summed E-state index contributed by atoms with van der Waals surface area (Å²) in [5.41, 5.74) is 0.609. The molecule has 0 aromatic carbocycles. The smallest absolute Gasteiger partial charge is 0.272 e. The Morgan fingerprint density at radius 1 is 1.50 bits per heavy atom. The molecule has 0 N–H and O–H groups in total. The Hall–Kier alpha value is -1.89. The van der Waals surface area contributed by atoms with Crippen molar-refractivity contribution in [2.75, 3.05) is 13.6 Å². The van der Waals surface area contributed by atoms with Crippen molar-refractivity contribution in [1.82, 2.24) is 9.88 Å². The minimum absolute atomic E-state index is 0.129. The lowest BCUT2D eigenvalue weighted by atomic mass is 10.1. The van der Waals surface area contributed by atoms with Gasteiger partial charge in [-0.1, -0.05) is 19.9 Å². The minimum atomic E-state index is -0.129. The van der Waals surface area contributed by atoms with Crippen LogP contribution in [0.25, 0.3) is 0 Å². The highest BCUT2D eigenvalue weighted by molar-refractivity contribution is 5.92. The molecule has 1 heterocycles. The van der Waals surface area contributed by atoms with E-state index in [0.29, 0.717) is 11.6 Å². The fourth-order valence-electron chi connectivity index (χ4n) is 1.65. The molecule has 0 spiro atoms. The minimum Gasteiger partial charge on any atom is -0.340 e. The first-order valence-corrected chi connectivity index (χ1v) is 6.17. The van der Waals surface area contributed by atoms with Crippen LogP contribution in [0.4, 0.5) is 0 Å². The van der Waals surface area contributed by atoms with Crippen LogP contribution < -0.4 is 0 Å². The molecule has 0 bridgehead atoms. The molecule has 0 radical (unpaired) electrons. The van der Waals surface area contributed by atoms with Crippen LogP contribution in [0.2, 0.25) is 0 Å². The van der Waals surface area contributed by atoms with E-state index < -0.39 is 0 Å². The largest absolute Gasteiger partial charge is 0.340 e. The third-order valence-electron chi connectivity index (χ3n) is 2.70. The highest BCUT2D eigenvalue weighted by atomic mass is 16.2. The third-order valence-corrected chi connectivity index (χ3v) is 2.70. The van der Waals surface area contributed by atoms with Gasteiger partial charge in [0, 0.05) is 13.6 Å². The molecular formula is C14H19N3O. The maximum Gasteiger partial charge on any atom is 0.272 e. The molecule has 96 valence electrons. The first-order valence-electron chi connectivity index (χ1n) is 6.17. The third kappa shape index (κ3) is 4.17. The molecule has 4 nitrogen and oxygen atoms in total. The number of carbonyl (C=O) groups is 1. The predicted molar refractivity (Wildman–Crippen MR) is 70.0 cm³/mol. The molecule has 1 aromatic rings. The Kier molecular flexibility index (Phi) is 5.31. The van der Waals surface area contributed by atoms with Gasteiger partial charge < -0.3 is 4.90 Å². The first kappa shape index (κ1) is 14.2.